The first-order valence-electron chi connectivity index (χ1n) is 4.79. The fourth-order valence-corrected chi connectivity index (χ4v) is 1.91. The van der Waals surface area contributed by atoms with Gasteiger partial charge in [-0.25, -0.2) is 0 Å². The molecular formula is C9H18N2O. The molecule has 0 aromatic heterocycles. The van der Waals surface area contributed by atoms with Crippen LogP contribution in [-0.2, 0) is 4.74 Å². The minimum absolute atomic E-state index is 0.308. The van der Waals surface area contributed by atoms with Crippen LogP contribution in [0.4, 0.5) is 0 Å². The highest BCUT2D eigenvalue weighted by Gasteiger charge is 2.41. The van der Waals surface area contributed by atoms with Gasteiger partial charge in [0.15, 0.2) is 0 Å². The number of nitrogens with one attached hydrogen (secondary N) is 1. The van der Waals surface area contributed by atoms with Crippen molar-refractivity contribution >= 4 is 0 Å². The van der Waals surface area contributed by atoms with E-state index in [0.29, 0.717) is 11.6 Å². The van der Waals surface area contributed by atoms with E-state index < -0.39 is 0 Å². The van der Waals surface area contributed by atoms with Gasteiger partial charge in [0.2, 0.25) is 0 Å². The third-order valence-corrected chi connectivity index (χ3v) is 2.98. The van der Waals surface area contributed by atoms with Crippen molar-refractivity contribution in [2.75, 3.05) is 26.4 Å². The Labute approximate surface area is 74.1 Å². The molecule has 12 heavy (non-hydrogen) atoms. The Morgan fingerprint density at radius 3 is 2.75 bits per heavy atom. The number of nitrogens with zero attached hydrogens (tertiary/aromatic N) is 1. The predicted octanol–water partition coefficient (Wildman–Crippen LogP) is 0.417. The molecule has 3 nitrogen and oxygen atoms in total. The lowest BCUT2D eigenvalue weighted by atomic mass is 9.87. The summed E-state index contributed by atoms with van der Waals surface area (Å²) < 4.78 is 5.56. The Kier molecular flexibility index (Phi) is 2.10. The average Bonchev–Trinajstić information content (AvgIpc) is 2.02. The largest absolute Gasteiger partial charge is 0.364 e. The number of rotatable bonds is 1. The van der Waals surface area contributed by atoms with E-state index in [1.165, 1.54) is 6.42 Å². The summed E-state index contributed by atoms with van der Waals surface area (Å²) in [5, 5.41) is 3.48. The van der Waals surface area contributed by atoms with Crippen LogP contribution in [0.5, 0.6) is 0 Å². The first kappa shape index (κ1) is 8.48. The molecule has 0 saturated carbocycles. The van der Waals surface area contributed by atoms with Crippen molar-refractivity contribution in [1.29, 1.82) is 0 Å². The van der Waals surface area contributed by atoms with Gasteiger partial charge in [-0.1, -0.05) is 0 Å². The van der Waals surface area contributed by atoms with Gasteiger partial charge in [0.25, 0.3) is 0 Å². The number of hydrogen-bond donors (Lipinski definition) is 1. The molecule has 1 spiro atoms. The van der Waals surface area contributed by atoms with Crippen LogP contribution in [-0.4, -0.2) is 42.9 Å². The van der Waals surface area contributed by atoms with Crippen molar-refractivity contribution in [2.24, 2.45) is 0 Å². The Hall–Kier alpha value is -0.120. The van der Waals surface area contributed by atoms with Crippen LogP contribution in [0, 0.1) is 0 Å². The van der Waals surface area contributed by atoms with Gasteiger partial charge in [-0.2, -0.15) is 0 Å². The van der Waals surface area contributed by atoms with Gasteiger partial charge in [0, 0.05) is 12.6 Å². The van der Waals surface area contributed by atoms with Gasteiger partial charge in [0.1, 0.15) is 0 Å². The van der Waals surface area contributed by atoms with E-state index in [9.17, 15) is 0 Å². The normalized spacial score (nSPS) is 37.2. The van der Waals surface area contributed by atoms with Crippen molar-refractivity contribution in [3.8, 4) is 0 Å². The van der Waals surface area contributed by atoms with Crippen LogP contribution >= 0.6 is 0 Å². The smallest absolute Gasteiger partial charge is 0.0994 e. The third-order valence-electron chi connectivity index (χ3n) is 2.98. The Morgan fingerprint density at radius 2 is 2.25 bits per heavy atom. The zero-order valence-electron chi connectivity index (χ0n) is 7.97. The minimum atomic E-state index is 0.308. The third kappa shape index (κ3) is 1.37. The topological polar surface area (TPSA) is 24.5 Å². The lowest BCUT2D eigenvalue weighted by Crippen LogP contribution is -2.68. The molecule has 1 atom stereocenters. The maximum atomic E-state index is 5.56. The molecule has 0 unspecified atom stereocenters. The summed E-state index contributed by atoms with van der Waals surface area (Å²) in [5.74, 6) is 0. The zero-order valence-corrected chi connectivity index (χ0v) is 7.97. The van der Waals surface area contributed by atoms with Crippen LogP contribution in [0.2, 0.25) is 0 Å². The summed E-state index contributed by atoms with van der Waals surface area (Å²) >= 11 is 0. The lowest BCUT2D eigenvalue weighted by Gasteiger charge is -2.50. The summed E-state index contributed by atoms with van der Waals surface area (Å²) in [6.07, 6.45) is 1.27. The van der Waals surface area contributed by atoms with E-state index in [2.05, 4.69) is 24.1 Å². The first-order valence-corrected chi connectivity index (χ1v) is 4.79. The molecule has 0 aromatic rings. The molecule has 0 aromatic carbocycles. The van der Waals surface area contributed by atoms with Crippen molar-refractivity contribution in [3.63, 3.8) is 0 Å². The highest BCUT2D eigenvalue weighted by atomic mass is 16.5. The molecule has 2 heterocycles. The summed E-state index contributed by atoms with van der Waals surface area (Å²) in [4.78, 5) is 2.38. The van der Waals surface area contributed by atoms with Crippen LogP contribution in [0.1, 0.15) is 20.3 Å². The Morgan fingerprint density at radius 1 is 1.50 bits per heavy atom. The Bertz CT molecular complexity index is 166. The van der Waals surface area contributed by atoms with Gasteiger partial charge in [-0.15, -0.1) is 0 Å². The highest BCUT2D eigenvalue weighted by Crippen LogP contribution is 2.25. The average molecular weight is 170 g/mol. The molecule has 2 aliphatic rings. The van der Waals surface area contributed by atoms with E-state index >= 15 is 0 Å². The monoisotopic (exact) mass is 170 g/mol. The molecule has 3 heteroatoms. The highest BCUT2D eigenvalue weighted by molar-refractivity contribution is 5.00. The molecule has 0 radical (unpaired) electrons. The summed E-state index contributed by atoms with van der Waals surface area (Å²) in [7, 11) is 0. The van der Waals surface area contributed by atoms with Crippen LogP contribution < -0.4 is 5.32 Å². The van der Waals surface area contributed by atoms with Gasteiger partial charge in [0.05, 0.1) is 18.9 Å². The second-order valence-electron chi connectivity index (χ2n) is 4.28. The summed E-state index contributed by atoms with van der Waals surface area (Å²) in [6.45, 7) is 8.47. The van der Waals surface area contributed by atoms with Crippen molar-refractivity contribution in [1.82, 2.24) is 10.2 Å². The van der Waals surface area contributed by atoms with Crippen LogP contribution in [0.3, 0.4) is 0 Å². The lowest BCUT2D eigenvalue weighted by molar-refractivity contribution is -0.100. The SMILES string of the molecule is CC(C)N1COC[C@@]2(CCN2)C1. The van der Waals surface area contributed by atoms with E-state index in [0.717, 1.165) is 26.4 Å². The maximum Gasteiger partial charge on any atom is 0.0994 e. The van der Waals surface area contributed by atoms with E-state index in [1.807, 2.05) is 0 Å². The predicted molar refractivity (Wildman–Crippen MR) is 48.0 cm³/mol. The maximum absolute atomic E-state index is 5.56. The molecule has 2 aliphatic heterocycles. The molecule has 0 bridgehead atoms. The summed E-state index contributed by atoms with van der Waals surface area (Å²) in [5.41, 5.74) is 0.308. The molecule has 2 rings (SSSR count). The second kappa shape index (κ2) is 2.98. The standard InChI is InChI=1S/C9H18N2O/c1-8(2)11-5-9(3-4-10-9)6-12-7-11/h8,10H,3-7H2,1-2H3/t9-/m1/s1. The van der Waals surface area contributed by atoms with E-state index in [4.69, 9.17) is 4.74 Å². The minimum Gasteiger partial charge on any atom is -0.364 e. The molecule has 2 fully saturated rings. The van der Waals surface area contributed by atoms with Crippen molar-refractivity contribution < 1.29 is 4.74 Å². The van der Waals surface area contributed by atoms with Gasteiger partial charge in [-0.3, -0.25) is 4.90 Å². The van der Waals surface area contributed by atoms with Crippen LogP contribution in [0.15, 0.2) is 0 Å². The van der Waals surface area contributed by atoms with Gasteiger partial charge in [-0.05, 0) is 26.8 Å². The first-order chi connectivity index (χ1) is 5.72. The molecule has 1 N–H and O–H groups in total. The van der Waals surface area contributed by atoms with Gasteiger partial charge < -0.3 is 10.1 Å². The number of hydrogen-bond acceptors (Lipinski definition) is 3. The fourth-order valence-electron chi connectivity index (χ4n) is 1.91. The quantitative estimate of drug-likeness (QED) is 0.617. The fraction of sp³-hybridized carbons (Fsp3) is 1.00. The van der Waals surface area contributed by atoms with Gasteiger partial charge >= 0.3 is 0 Å². The van der Waals surface area contributed by atoms with E-state index in [-0.39, 0.29) is 0 Å². The molecule has 70 valence electrons. The molecule has 2 saturated heterocycles. The molecule has 0 amide bonds. The zero-order chi connectivity index (χ0) is 8.60. The molecular weight excluding hydrogens is 152 g/mol. The second-order valence-corrected chi connectivity index (χ2v) is 4.28. The van der Waals surface area contributed by atoms with Crippen molar-refractivity contribution in [2.45, 2.75) is 31.8 Å². The Balaban J connectivity index is 1.94. The summed E-state index contributed by atoms with van der Waals surface area (Å²) in [6, 6.07) is 0.601. The van der Waals surface area contributed by atoms with Crippen LogP contribution in [0.25, 0.3) is 0 Å². The molecule has 0 aliphatic carbocycles. The number of ether oxygens (including phenoxy) is 1. The van der Waals surface area contributed by atoms with E-state index in [1.54, 1.807) is 0 Å². The van der Waals surface area contributed by atoms with Crippen molar-refractivity contribution in [3.05, 3.63) is 0 Å².